The van der Waals surface area contributed by atoms with Gasteiger partial charge in [-0.15, -0.1) is 0 Å². The summed E-state index contributed by atoms with van der Waals surface area (Å²) in [6.45, 7) is 4.98. The van der Waals surface area contributed by atoms with Gasteiger partial charge in [-0.25, -0.2) is 0 Å². The molecule has 9 N–H and O–H groups in total. The first-order valence-corrected chi connectivity index (χ1v) is 19.3. The number of nitrogens with one attached hydrogen (secondary N) is 5. The van der Waals surface area contributed by atoms with Crippen molar-refractivity contribution in [3.05, 3.63) is 71.8 Å². The Labute approximate surface area is 318 Å². The fourth-order valence-corrected chi connectivity index (χ4v) is 6.49. The molecule has 0 unspecified atom stereocenters. The zero-order chi connectivity index (χ0) is 39.0. The molecule has 54 heavy (non-hydrogen) atoms. The van der Waals surface area contributed by atoms with Crippen molar-refractivity contribution >= 4 is 35.4 Å². The van der Waals surface area contributed by atoms with Crippen LogP contribution in [0.4, 0.5) is 0 Å². The van der Waals surface area contributed by atoms with Crippen molar-refractivity contribution < 1.29 is 28.8 Å². The molecule has 0 radical (unpaired) electrons. The first kappa shape index (κ1) is 41.9. The highest BCUT2D eigenvalue weighted by atomic mass is 16.2. The summed E-state index contributed by atoms with van der Waals surface area (Å²) in [4.78, 5) is 81.2. The molecule has 4 rings (SSSR count). The van der Waals surface area contributed by atoms with Crippen LogP contribution >= 0.6 is 0 Å². The molecule has 6 amide bonds. The maximum Gasteiger partial charge on any atom is 0.309 e. The summed E-state index contributed by atoms with van der Waals surface area (Å²) in [6.07, 6.45) is 5.06. The first-order chi connectivity index (χ1) is 25.9. The molecule has 2 aliphatic rings. The predicted molar refractivity (Wildman–Crippen MR) is 205 cm³/mol. The number of carbonyl (C=O) groups is 6. The molecule has 2 aromatic carbocycles. The second-order valence-electron chi connectivity index (χ2n) is 14.9. The third-order valence-corrected chi connectivity index (χ3v) is 9.71. The Balaban J connectivity index is 1.41. The zero-order valence-electron chi connectivity index (χ0n) is 31.6. The molecule has 2 aromatic rings. The number of piperidine rings is 1. The molecule has 1 heterocycles. The van der Waals surface area contributed by atoms with E-state index in [1.807, 2.05) is 74.5 Å². The molecular formula is C40H58N8O6. The molecule has 2 fully saturated rings. The highest BCUT2D eigenvalue weighted by Gasteiger charge is 2.34. The largest absolute Gasteiger partial charge is 0.345 e. The van der Waals surface area contributed by atoms with E-state index in [0.29, 0.717) is 58.2 Å². The van der Waals surface area contributed by atoms with Gasteiger partial charge in [-0.05, 0) is 81.4 Å². The zero-order valence-corrected chi connectivity index (χ0v) is 31.6. The van der Waals surface area contributed by atoms with Crippen molar-refractivity contribution in [2.45, 2.75) is 114 Å². The van der Waals surface area contributed by atoms with Gasteiger partial charge in [-0.3, -0.25) is 28.8 Å². The van der Waals surface area contributed by atoms with Gasteiger partial charge in [-0.2, -0.15) is 0 Å². The van der Waals surface area contributed by atoms with E-state index in [1.54, 1.807) is 4.90 Å². The van der Waals surface area contributed by atoms with Gasteiger partial charge < -0.3 is 43.0 Å². The quantitative estimate of drug-likeness (QED) is 0.0805. The standard InChI is InChI=1S/C40H58N8O6/c1-26(2)23-33(47-37(51)34(25-28-13-7-4-8-14-28)46-35(49)31(42)24-27-11-5-3-6-12-27)36(50)45-32(15-9-10-20-41)40(54)48-21-18-30(19-22-48)44-39(53)38(52)43-29-16-17-29/h3-8,11-14,26,29-34H,9-10,15-25,41-42H2,1-2H3,(H,43,52)(H,44,53)(H,45,50)(H,46,49)(H,47,51)/t31-,32-,33-,34-/m1/s1. The van der Waals surface area contributed by atoms with Crippen LogP contribution < -0.4 is 38.1 Å². The Morgan fingerprint density at radius 2 is 1.17 bits per heavy atom. The van der Waals surface area contributed by atoms with E-state index in [1.165, 1.54) is 0 Å². The lowest BCUT2D eigenvalue weighted by Gasteiger charge is -2.35. The number of hydrogen-bond acceptors (Lipinski definition) is 8. The highest BCUT2D eigenvalue weighted by Crippen LogP contribution is 2.19. The van der Waals surface area contributed by atoms with Crippen LogP contribution in [0.5, 0.6) is 0 Å². The smallest absolute Gasteiger partial charge is 0.309 e. The van der Waals surface area contributed by atoms with Crippen LogP contribution in [-0.2, 0) is 41.6 Å². The number of rotatable bonds is 19. The summed E-state index contributed by atoms with van der Waals surface area (Å²) in [5.41, 5.74) is 13.7. The van der Waals surface area contributed by atoms with Crippen LogP contribution in [0.1, 0.15) is 76.3 Å². The summed E-state index contributed by atoms with van der Waals surface area (Å²) in [5, 5.41) is 14.1. The minimum Gasteiger partial charge on any atom is -0.345 e. The first-order valence-electron chi connectivity index (χ1n) is 19.3. The number of nitrogens with zero attached hydrogens (tertiary/aromatic N) is 1. The van der Waals surface area contributed by atoms with Crippen LogP contribution in [0.25, 0.3) is 0 Å². The van der Waals surface area contributed by atoms with Crippen LogP contribution in [0.3, 0.4) is 0 Å². The van der Waals surface area contributed by atoms with E-state index in [9.17, 15) is 28.8 Å². The number of unbranched alkanes of at least 4 members (excludes halogenated alkanes) is 1. The normalized spacial score (nSPS) is 16.7. The number of benzene rings is 2. The maximum atomic E-state index is 14.0. The van der Waals surface area contributed by atoms with Crippen molar-refractivity contribution in [1.29, 1.82) is 0 Å². The Kier molecular flexibility index (Phi) is 16.4. The number of hydrogen-bond donors (Lipinski definition) is 7. The second-order valence-corrected chi connectivity index (χ2v) is 14.9. The van der Waals surface area contributed by atoms with Crippen molar-refractivity contribution in [3.63, 3.8) is 0 Å². The molecule has 14 heteroatoms. The molecular weight excluding hydrogens is 688 g/mol. The summed E-state index contributed by atoms with van der Waals surface area (Å²) in [5.74, 6) is -3.09. The summed E-state index contributed by atoms with van der Waals surface area (Å²) in [7, 11) is 0. The van der Waals surface area contributed by atoms with Crippen molar-refractivity contribution in [2.75, 3.05) is 19.6 Å². The van der Waals surface area contributed by atoms with E-state index in [2.05, 4.69) is 26.6 Å². The molecule has 0 bridgehead atoms. The van der Waals surface area contributed by atoms with Gasteiger partial charge in [0.15, 0.2) is 0 Å². The lowest BCUT2D eigenvalue weighted by molar-refractivity contribution is -0.141. The second kappa shape index (κ2) is 21.2. The minimum absolute atomic E-state index is 0.00879. The monoisotopic (exact) mass is 746 g/mol. The number of likely N-dealkylation sites (tertiary alicyclic amines) is 1. The van der Waals surface area contributed by atoms with Crippen LogP contribution in [-0.4, -0.2) is 96.2 Å². The van der Waals surface area contributed by atoms with E-state index >= 15 is 0 Å². The fourth-order valence-electron chi connectivity index (χ4n) is 6.49. The molecule has 4 atom stereocenters. The van der Waals surface area contributed by atoms with E-state index < -0.39 is 53.7 Å². The van der Waals surface area contributed by atoms with E-state index in [0.717, 1.165) is 24.0 Å². The van der Waals surface area contributed by atoms with Gasteiger partial charge in [0.1, 0.15) is 18.1 Å². The summed E-state index contributed by atoms with van der Waals surface area (Å²) in [6, 6.07) is 14.7. The fraction of sp³-hybridized carbons (Fsp3) is 0.550. The van der Waals surface area contributed by atoms with Crippen molar-refractivity contribution in [3.8, 4) is 0 Å². The summed E-state index contributed by atoms with van der Waals surface area (Å²) >= 11 is 0. The minimum atomic E-state index is -1.02. The third-order valence-electron chi connectivity index (χ3n) is 9.71. The van der Waals surface area contributed by atoms with Gasteiger partial charge >= 0.3 is 11.8 Å². The Morgan fingerprint density at radius 3 is 1.70 bits per heavy atom. The molecule has 0 spiro atoms. The van der Waals surface area contributed by atoms with Crippen LogP contribution in [0.15, 0.2) is 60.7 Å². The lowest BCUT2D eigenvalue weighted by atomic mass is 9.99. The molecule has 1 aliphatic heterocycles. The Bertz CT molecular complexity index is 1550. The van der Waals surface area contributed by atoms with Gasteiger partial charge in [0.25, 0.3) is 0 Å². The third kappa shape index (κ3) is 13.9. The average molecular weight is 747 g/mol. The predicted octanol–water partition coefficient (Wildman–Crippen LogP) is 0.814. The molecule has 1 saturated carbocycles. The van der Waals surface area contributed by atoms with Gasteiger partial charge in [0.2, 0.25) is 23.6 Å². The number of nitrogens with two attached hydrogens (primary N) is 2. The van der Waals surface area contributed by atoms with Crippen LogP contribution in [0, 0.1) is 5.92 Å². The topological polar surface area (TPSA) is 218 Å². The van der Waals surface area contributed by atoms with Crippen LogP contribution in [0.2, 0.25) is 0 Å². The van der Waals surface area contributed by atoms with E-state index in [-0.39, 0.29) is 36.8 Å². The van der Waals surface area contributed by atoms with Gasteiger partial charge in [-0.1, -0.05) is 74.5 Å². The van der Waals surface area contributed by atoms with Gasteiger partial charge in [0, 0.05) is 31.6 Å². The van der Waals surface area contributed by atoms with Crippen molar-refractivity contribution in [2.24, 2.45) is 17.4 Å². The number of carbonyl (C=O) groups excluding carboxylic acids is 6. The number of amides is 6. The molecule has 14 nitrogen and oxygen atoms in total. The lowest BCUT2D eigenvalue weighted by Crippen LogP contribution is -2.59. The molecule has 1 aliphatic carbocycles. The maximum absolute atomic E-state index is 14.0. The summed E-state index contributed by atoms with van der Waals surface area (Å²) < 4.78 is 0. The molecule has 294 valence electrons. The molecule has 1 saturated heterocycles. The highest BCUT2D eigenvalue weighted by molar-refractivity contribution is 6.35. The molecule has 0 aromatic heterocycles. The SMILES string of the molecule is CC(C)C[C@@H](NC(=O)[C@@H](Cc1ccccc1)NC(=O)[C@H](N)Cc1ccccc1)C(=O)N[C@H](CCCCN)C(=O)N1CCC(NC(=O)C(=O)NC2CC2)CC1. The Morgan fingerprint density at radius 1 is 0.667 bits per heavy atom. The van der Waals surface area contributed by atoms with E-state index in [4.69, 9.17) is 11.5 Å². The van der Waals surface area contributed by atoms with Gasteiger partial charge in [0.05, 0.1) is 6.04 Å². The Hall–Kier alpha value is -4.82. The average Bonchev–Trinajstić information content (AvgIpc) is 3.98. The van der Waals surface area contributed by atoms with Crippen molar-refractivity contribution in [1.82, 2.24) is 31.5 Å².